The number of carbonyl (C=O) groups excluding carboxylic acids is 1. The van der Waals surface area contributed by atoms with Gasteiger partial charge in [-0.1, -0.05) is 11.3 Å². The summed E-state index contributed by atoms with van der Waals surface area (Å²) in [6, 6.07) is 2.64. The van der Waals surface area contributed by atoms with Gasteiger partial charge in [0.05, 0.1) is 12.0 Å². The van der Waals surface area contributed by atoms with Crippen LogP contribution in [0.2, 0.25) is 0 Å². The molecule has 0 saturated carbocycles. The third kappa shape index (κ3) is 1.59. The number of nitro groups is 1. The van der Waals surface area contributed by atoms with E-state index in [0.29, 0.717) is 0 Å². The average Bonchev–Trinajstić information content (AvgIpc) is 2.51. The second-order valence-corrected chi connectivity index (χ2v) is 2.95. The lowest BCUT2D eigenvalue weighted by Gasteiger charge is -1.90. The Labute approximate surface area is 71.7 Å². The molecule has 0 saturated heterocycles. The van der Waals surface area contributed by atoms with Gasteiger partial charge in [-0.05, 0) is 6.07 Å². The van der Waals surface area contributed by atoms with Gasteiger partial charge in [0.2, 0.25) is 0 Å². The van der Waals surface area contributed by atoms with Crippen LogP contribution in [0.4, 0.5) is 5.00 Å². The molecule has 1 rings (SSSR count). The summed E-state index contributed by atoms with van der Waals surface area (Å²) in [6.07, 6.45) is 0. The summed E-state index contributed by atoms with van der Waals surface area (Å²) in [7, 11) is 1.23. The second kappa shape index (κ2) is 3.31. The van der Waals surface area contributed by atoms with E-state index in [1.54, 1.807) is 0 Å². The molecule has 0 N–H and O–H groups in total. The number of methoxy groups -OCH3 is 1. The zero-order chi connectivity index (χ0) is 9.14. The molecule has 0 unspecified atom stereocenters. The number of hydrogen-bond acceptors (Lipinski definition) is 5. The van der Waals surface area contributed by atoms with Gasteiger partial charge < -0.3 is 4.74 Å². The highest BCUT2D eigenvalue weighted by Gasteiger charge is 2.14. The summed E-state index contributed by atoms with van der Waals surface area (Å²) >= 11 is 0.800. The Morgan fingerprint density at radius 3 is 2.75 bits per heavy atom. The first-order valence-corrected chi connectivity index (χ1v) is 3.79. The molecule has 6 heteroatoms. The Bertz CT molecular complexity index is 319. The highest BCUT2D eigenvalue weighted by atomic mass is 32.1. The summed E-state index contributed by atoms with van der Waals surface area (Å²) in [5.41, 5.74) is 0. The highest BCUT2D eigenvalue weighted by molar-refractivity contribution is 7.17. The van der Waals surface area contributed by atoms with Crippen molar-refractivity contribution in [1.82, 2.24) is 0 Å². The molecule has 0 spiro atoms. The minimum absolute atomic E-state index is 0.0598. The molecule has 5 nitrogen and oxygen atoms in total. The van der Waals surface area contributed by atoms with Gasteiger partial charge in [0.1, 0.15) is 4.88 Å². The molecular formula is C6H5NO4S. The predicted molar refractivity (Wildman–Crippen MR) is 42.3 cm³/mol. The molecule has 0 aliphatic heterocycles. The van der Waals surface area contributed by atoms with Gasteiger partial charge in [-0.3, -0.25) is 10.1 Å². The van der Waals surface area contributed by atoms with Gasteiger partial charge in [-0.15, -0.1) is 0 Å². The molecule has 0 aliphatic carbocycles. The first-order chi connectivity index (χ1) is 5.65. The lowest BCUT2D eigenvalue weighted by molar-refractivity contribution is -0.380. The fourth-order valence-corrected chi connectivity index (χ4v) is 1.37. The smallest absolute Gasteiger partial charge is 0.348 e. The molecule has 0 amide bonds. The Balaban J connectivity index is 2.91. The molecule has 1 aromatic heterocycles. The molecule has 0 radical (unpaired) electrons. The average molecular weight is 187 g/mol. The van der Waals surface area contributed by atoms with Gasteiger partial charge in [-0.25, -0.2) is 4.79 Å². The molecule has 0 aromatic carbocycles. The lowest BCUT2D eigenvalue weighted by Crippen LogP contribution is -1.96. The van der Waals surface area contributed by atoms with Crippen LogP contribution in [-0.4, -0.2) is 18.0 Å². The SMILES string of the molecule is COC(=O)c1ccc([N+](=O)[O-])s1. The Hall–Kier alpha value is -1.43. The summed E-state index contributed by atoms with van der Waals surface area (Å²) in [5.74, 6) is -0.548. The fraction of sp³-hybridized carbons (Fsp3) is 0.167. The number of nitrogens with zero attached hydrogens (tertiary/aromatic N) is 1. The summed E-state index contributed by atoms with van der Waals surface area (Å²) in [5, 5.41) is 10.1. The molecule has 1 heterocycles. The van der Waals surface area contributed by atoms with Crippen molar-refractivity contribution in [2.45, 2.75) is 0 Å². The zero-order valence-corrected chi connectivity index (χ0v) is 6.96. The first-order valence-electron chi connectivity index (χ1n) is 2.97. The maximum Gasteiger partial charge on any atom is 0.348 e. The third-order valence-corrected chi connectivity index (χ3v) is 2.18. The van der Waals surface area contributed by atoms with Crippen molar-refractivity contribution < 1.29 is 14.5 Å². The maximum atomic E-state index is 10.8. The van der Waals surface area contributed by atoms with Crippen LogP contribution in [-0.2, 0) is 4.74 Å². The lowest BCUT2D eigenvalue weighted by atomic mass is 10.5. The zero-order valence-electron chi connectivity index (χ0n) is 6.14. The normalized spacial score (nSPS) is 9.42. The van der Waals surface area contributed by atoms with E-state index in [1.807, 2.05) is 0 Å². The van der Waals surface area contributed by atoms with Crippen molar-refractivity contribution in [3.05, 3.63) is 27.1 Å². The number of thiophene rings is 1. The van der Waals surface area contributed by atoms with Gasteiger partial charge in [0.25, 0.3) is 0 Å². The van der Waals surface area contributed by atoms with Crippen molar-refractivity contribution in [3.8, 4) is 0 Å². The van der Waals surface area contributed by atoms with E-state index < -0.39 is 10.9 Å². The highest BCUT2D eigenvalue weighted by Crippen LogP contribution is 2.24. The summed E-state index contributed by atoms with van der Waals surface area (Å²) in [4.78, 5) is 20.7. The van der Waals surface area contributed by atoms with E-state index in [1.165, 1.54) is 19.2 Å². The minimum Gasteiger partial charge on any atom is -0.465 e. The summed E-state index contributed by atoms with van der Waals surface area (Å²) in [6.45, 7) is 0. The van der Waals surface area contributed by atoms with Crippen LogP contribution in [0.25, 0.3) is 0 Å². The van der Waals surface area contributed by atoms with E-state index in [0.717, 1.165) is 11.3 Å². The van der Waals surface area contributed by atoms with Gasteiger partial charge in [0, 0.05) is 6.07 Å². The van der Waals surface area contributed by atoms with Crippen LogP contribution in [0.15, 0.2) is 12.1 Å². The van der Waals surface area contributed by atoms with Crippen LogP contribution in [0, 0.1) is 10.1 Å². The third-order valence-electron chi connectivity index (χ3n) is 1.16. The number of rotatable bonds is 2. The largest absolute Gasteiger partial charge is 0.465 e. The van der Waals surface area contributed by atoms with E-state index >= 15 is 0 Å². The van der Waals surface area contributed by atoms with E-state index in [4.69, 9.17) is 0 Å². The predicted octanol–water partition coefficient (Wildman–Crippen LogP) is 1.44. The molecule has 64 valence electrons. The quantitative estimate of drug-likeness (QED) is 0.399. The molecule has 0 fully saturated rings. The number of hydrogen-bond donors (Lipinski definition) is 0. The van der Waals surface area contributed by atoms with Crippen molar-refractivity contribution in [2.24, 2.45) is 0 Å². The van der Waals surface area contributed by atoms with Crippen LogP contribution in [0.3, 0.4) is 0 Å². The topological polar surface area (TPSA) is 69.4 Å². The van der Waals surface area contributed by atoms with Crippen molar-refractivity contribution >= 4 is 22.3 Å². The monoisotopic (exact) mass is 187 g/mol. The van der Waals surface area contributed by atoms with Crippen molar-refractivity contribution in [1.29, 1.82) is 0 Å². The molecule has 12 heavy (non-hydrogen) atoms. The van der Waals surface area contributed by atoms with Crippen LogP contribution >= 0.6 is 11.3 Å². The van der Waals surface area contributed by atoms with Crippen LogP contribution in [0.1, 0.15) is 9.67 Å². The Morgan fingerprint density at radius 2 is 2.33 bits per heavy atom. The maximum absolute atomic E-state index is 10.8. The standard InChI is InChI=1S/C6H5NO4S/c1-11-6(8)4-2-3-5(12-4)7(9)10/h2-3H,1H3. The van der Waals surface area contributed by atoms with Crippen molar-refractivity contribution in [2.75, 3.05) is 7.11 Å². The van der Waals surface area contributed by atoms with E-state index in [-0.39, 0.29) is 9.88 Å². The number of ether oxygens (including phenoxy) is 1. The van der Waals surface area contributed by atoms with Crippen LogP contribution < -0.4 is 0 Å². The minimum atomic E-state index is -0.548. The first kappa shape index (κ1) is 8.66. The van der Waals surface area contributed by atoms with Gasteiger partial charge >= 0.3 is 11.0 Å². The fourth-order valence-electron chi connectivity index (χ4n) is 0.636. The molecular weight excluding hydrogens is 182 g/mol. The Kier molecular flexibility index (Phi) is 2.39. The molecule has 0 atom stereocenters. The van der Waals surface area contributed by atoms with Crippen LogP contribution in [0.5, 0.6) is 0 Å². The van der Waals surface area contributed by atoms with E-state index in [9.17, 15) is 14.9 Å². The van der Waals surface area contributed by atoms with E-state index in [2.05, 4.69) is 4.74 Å². The number of esters is 1. The molecule has 1 aromatic rings. The number of carbonyl (C=O) groups is 1. The Morgan fingerprint density at radius 1 is 1.67 bits per heavy atom. The van der Waals surface area contributed by atoms with Gasteiger partial charge in [-0.2, -0.15) is 0 Å². The molecule has 0 bridgehead atoms. The van der Waals surface area contributed by atoms with Crippen molar-refractivity contribution in [3.63, 3.8) is 0 Å². The van der Waals surface area contributed by atoms with Gasteiger partial charge in [0.15, 0.2) is 0 Å². The summed E-state index contributed by atoms with van der Waals surface area (Å²) < 4.78 is 4.38. The molecule has 0 aliphatic rings. The second-order valence-electron chi connectivity index (χ2n) is 1.89.